The lowest BCUT2D eigenvalue weighted by Gasteiger charge is -2.14. The minimum atomic E-state index is -0.841. The molecule has 0 bridgehead atoms. The van der Waals surface area contributed by atoms with Crippen molar-refractivity contribution in [2.75, 3.05) is 13.7 Å². The Morgan fingerprint density at radius 3 is 2.50 bits per heavy atom. The lowest BCUT2D eigenvalue weighted by molar-refractivity contribution is -0.138. The van der Waals surface area contributed by atoms with Crippen LogP contribution >= 0.6 is 0 Å². The molecule has 0 fully saturated rings. The molecule has 2 rings (SSSR count). The maximum atomic E-state index is 11.7. The van der Waals surface area contributed by atoms with Crippen molar-refractivity contribution in [3.8, 4) is 11.5 Å². The summed E-state index contributed by atoms with van der Waals surface area (Å²) in [6.07, 6.45) is 2.55. The summed E-state index contributed by atoms with van der Waals surface area (Å²) in [6.45, 7) is 2.83. The third kappa shape index (κ3) is 5.01. The van der Waals surface area contributed by atoms with Gasteiger partial charge in [-0.25, -0.2) is 0 Å². The molecule has 2 aromatic carbocycles. The molecule has 0 aliphatic rings. The van der Waals surface area contributed by atoms with Crippen LogP contribution < -0.4 is 9.47 Å². The number of carboxylic acids is 1. The van der Waals surface area contributed by atoms with E-state index in [0.29, 0.717) is 18.8 Å². The fourth-order valence-electron chi connectivity index (χ4n) is 2.50. The maximum Gasteiger partial charge on any atom is 0.311 e. The van der Waals surface area contributed by atoms with E-state index in [1.165, 1.54) is 0 Å². The molecule has 0 aromatic heterocycles. The highest BCUT2D eigenvalue weighted by Crippen LogP contribution is 2.25. The summed E-state index contributed by atoms with van der Waals surface area (Å²) in [5.74, 6) is 0.0392. The van der Waals surface area contributed by atoms with E-state index in [0.717, 1.165) is 29.7 Å². The zero-order valence-corrected chi connectivity index (χ0v) is 14.2. The van der Waals surface area contributed by atoms with Crippen molar-refractivity contribution in [2.24, 2.45) is 0 Å². The smallest absolute Gasteiger partial charge is 0.311 e. The molecular formula is C20H24O4. The Kier molecular flexibility index (Phi) is 6.67. The van der Waals surface area contributed by atoms with E-state index < -0.39 is 11.9 Å². The van der Waals surface area contributed by atoms with Crippen molar-refractivity contribution < 1.29 is 19.4 Å². The first-order chi connectivity index (χ1) is 11.6. The van der Waals surface area contributed by atoms with Crippen LogP contribution in [0.3, 0.4) is 0 Å². The molecule has 0 aliphatic heterocycles. The first kappa shape index (κ1) is 17.9. The highest BCUT2D eigenvalue weighted by molar-refractivity contribution is 5.76. The van der Waals surface area contributed by atoms with Gasteiger partial charge in [-0.15, -0.1) is 0 Å². The lowest BCUT2D eigenvalue weighted by Crippen LogP contribution is -2.14. The highest BCUT2D eigenvalue weighted by atomic mass is 16.5. The monoisotopic (exact) mass is 328 g/mol. The molecule has 0 saturated heterocycles. The molecule has 2 aromatic rings. The normalized spacial score (nSPS) is 11.8. The molecule has 4 nitrogen and oxygen atoms in total. The van der Waals surface area contributed by atoms with E-state index in [4.69, 9.17) is 9.47 Å². The fraction of sp³-hybridized carbons (Fsp3) is 0.350. The molecule has 0 spiro atoms. The molecule has 0 saturated carbocycles. The maximum absolute atomic E-state index is 11.7. The van der Waals surface area contributed by atoms with E-state index in [1.54, 1.807) is 13.2 Å². The Balaban J connectivity index is 2.08. The third-order valence-electron chi connectivity index (χ3n) is 3.92. The Hall–Kier alpha value is -2.49. The number of ether oxygens (including phenoxy) is 2. The molecule has 24 heavy (non-hydrogen) atoms. The second-order valence-corrected chi connectivity index (χ2v) is 5.72. The van der Waals surface area contributed by atoms with Gasteiger partial charge in [-0.05, 0) is 48.2 Å². The summed E-state index contributed by atoms with van der Waals surface area (Å²) < 4.78 is 10.8. The van der Waals surface area contributed by atoms with Crippen LogP contribution in [0.1, 0.15) is 36.8 Å². The van der Waals surface area contributed by atoms with E-state index in [-0.39, 0.29) is 0 Å². The van der Waals surface area contributed by atoms with Gasteiger partial charge < -0.3 is 14.6 Å². The molecule has 0 aliphatic carbocycles. The number of benzene rings is 2. The van der Waals surface area contributed by atoms with Gasteiger partial charge in [-0.1, -0.05) is 37.6 Å². The number of hydrogen-bond acceptors (Lipinski definition) is 3. The summed E-state index contributed by atoms with van der Waals surface area (Å²) in [5, 5.41) is 9.58. The van der Waals surface area contributed by atoms with Gasteiger partial charge in [-0.3, -0.25) is 4.79 Å². The van der Waals surface area contributed by atoms with E-state index in [1.807, 2.05) is 42.5 Å². The van der Waals surface area contributed by atoms with Crippen molar-refractivity contribution in [2.45, 2.75) is 32.1 Å². The average molecular weight is 328 g/mol. The zero-order valence-electron chi connectivity index (χ0n) is 14.2. The van der Waals surface area contributed by atoms with Crippen molar-refractivity contribution in [3.63, 3.8) is 0 Å². The van der Waals surface area contributed by atoms with Gasteiger partial charge in [0.15, 0.2) is 0 Å². The molecule has 0 radical (unpaired) electrons. The van der Waals surface area contributed by atoms with Gasteiger partial charge in [0.05, 0.1) is 19.6 Å². The van der Waals surface area contributed by atoms with Gasteiger partial charge in [0.1, 0.15) is 11.5 Å². The minimum absolute atomic E-state index is 0.428. The number of aliphatic carboxylic acids is 1. The van der Waals surface area contributed by atoms with E-state index >= 15 is 0 Å². The van der Waals surface area contributed by atoms with Crippen LogP contribution in [0.15, 0.2) is 48.5 Å². The Morgan fingerprint density at radius 2 is 1.88 bits per heavy atom. The summed E-state index contributed by atoms with van der Waals surface area (Å²) in [7, 11) is 1.58. The average Bonchev–Trinajstić information content (AvgIpc) is 2.61. The van der Waals surface area contributed by atoms with Crippen LogP contribution in [0.25, 0.3) is 0 Å². The van der Waals surface area contributed by atoms with E-state index in [9.17, 15) is 9.90 Å². The molecule has 4 heteroatoms. The molecule has 0 amide bonds. The summed E-state index contributed by atoms with van der Waals surface area (Å²) in [5.41, 5.74) is 1.71. The standard InChI is InChI=1S/C20H24O4/c1-3-4-12-24-17-10-8-15(9-11-17)13-19(20(21)22)16-6-5-7-18(14-16)23-2/h5-11,14,19H,3-4,12-13H2,1-2H3,(H,21,22). The topological polar surface area (TPSA) is 55.8 Å². The van der Waals surface area contributed by atoms with Crippen molar-refractivity contribution in [1.82, 2.24) is 0 Å². The Labute approximate surface area is 143 Å². The molecule has 1 N–H and O–H groups in total. The molecule has 128 valence electrons. The van der Waals surface area contributed by atoms with Crippen LogP contribution in [0.4, 0.5) is 0 Å². The van der Waals surface area contributed by atoms with Gasteiger partial charge in [-0.2, -0.15) is 0 Å². The molecular weight excluding hydrogens is 304 g/mol. The molecule has 0 heterocycles. The van der Waals surface area contributed by atoms with Crippen molar-refractivity contribution >= 4 is 5.97 Å². The predicted molar refractivity (Wildman–Crippen MR) is 93.9 cm³/mol. The number of unbranched alkanes of at least 4 members (excludes halogenated alkanes) is 1. The first-order valence-corrected chi connectivity index (χ1v) is 8.22. The first-order valence-electron chi connectivity index (χ1n) is 8.22. The lowest BCUT2D eigenvalue weighted by atomic mass is 9.92. The fourth-order valence-corrected chi connectivity index (χ4v) is 2.50. The van der Waals surface area contributed by atoms with E-state index in [2.05, 4.69) is 6.92 Å². The quantitative estimate of drug-likeness (QED) is 0.698. The molecule has 1 unspecified atom stereocenters. The predicted octanol–water partition coefficient (Wildman–Crippen LogP) is 4.29. The van der Waals surface area contributed by atoms with Gasteiger partial charge in [0, 0.05) is 0 Å². The second-order valence-electron chi connectivity index (χ2n) is 5.72. The van der Waals surface area contributed by atoms with Gasteiger partial charge in [0.2, 0.25) is 0 Å². The summed E-state index contributed by atoms with van der Waals surface area (Å²) in [6, 6.07) is 14.9. The van der Waals surface area contributed by atoms with Crippen LogP contribution in [0, 0.1) is 0 Å². The van der Waals surface area contributed by atoms with Crippen LogP contribution in [-0.4, -0.2) is 24.8 Å². The van der Waals surface area contributed by atoms with Crippen LogP contribution in [-0.2, 0) is 11.2 Å². The summed E-state index contributed by atoms with van der Waals surface area (Å²) >= 11 is 0. The van der Waals surface area contributed by atoms with Crippen LogP contribution in [0.2, 0.25) is 0 Å². The number of rotatable bonds is 9. The number of carboxylic acid groups (broad SMARTS) is 1. The zero-order chi connectivity index (χ0) is 17.4. The minimum Gasteiger partial charge on any atom is -0.497 e. The number of carbonyl (C=O) groups is 1. The largest absolute Gasteiger partial charge is 0.497 e. The van der Waals surface area contributed by atoms with Gasteiger partial charge >= 0.3 is 5.97 Å². The van der Waals surface area contributed by atoms with Crippen LogP contribution in [0.5, 0.6) is 11.5 Å². The van der Waals surface area contributed by atoms with Gasteiger partial charge in [0.25, 0.3) is 0 Å². The molecule has 1 atom stereocenters. The third-order valence-corrected chi connectivity index (χ3v) is 3.92. The second kappa shape index (κ2) is 8.96. The number of methoxy groups -OCH3 is 1. The SMILES string of the molecule is CCCCOc1ccc(CC(C(=O)O)c2cccc(OC)c2)cc1. The van der Waals surface area contributed by atoms with Crippen molar-refractivity contribution in [3.05, 3.63) is 59.7 Å². The summed E-state index contributed by atoms with van der Waals surface area (Å²) in [4.78, 5) is 11.7. The Morgan fingerprint density at radius 1 is 1.12 bits per heavy atom. The Bertz CT molecular complexity index is 649. The number of hydrogen-bond donors (Lipinski definition) is 1. The van der Waals surface area contributed by atoms with Crippen molar-refractivity contribution in [1.29, 1.82) is 0 Å². The highest BCUT2D eigenvalue weighted by Gasteiger charge is 2.20.